The van der Waals surface area contributed by atoms with Crippen LogP contribution in [0.1, 0.15) is 13.8 Å². The Morgan fingerprint density at radius 2 is 2.31 bits per heavy atom. The van der Waals surface area contributed by atoms with E-state index >= 15 is 0 Å². The lowest BCUT2D eigenvalue weighted by atomic mass is 10.0. The second-order valence-corrected chi connectivity index (χ2v) is 4.05. The number of methoxy groups -OCH3 is 1. The molecule has 1 N–H and O–H groups in total. The number of hydrogen-bond acceptors (Lipinski definition) is 3. The molecule has 0 bridgehead atoms. The summed E-state index contributed by atoms with van der Waals surface area (Å²) in [6, 6.07) is 0. The van der Waals surface area contributed by atoms with Crippen LogP contribution in [0.4, 0.5) is 0 Å². The molecule has 0 aromatic carbocycles. The number of nitrogens with one attached hydrogen (secondary N) is 1. The summed E-state index contributed by atoms with van der Waals surface area (Å²) in [5, 5.41) is 3.18. The number of piperazine rings is 1. The Balaban J connectivity index is 2.45. The summed E-state index contributed by atoms with van der Waals surface area (Å²) < 4.78 is 4.95. The van der Waals surface area contributed by atoms with Gasteiger partial charge in [0.2, 0.25) is 5.91 Å². The normalized spacial score (nSPS) is 22.1. The van der Waals surface area contributed by atoms with Gasteiger partial charge in [0.05, 0.1) is 13.2 Å². The third kappa shape index (κ3) is 2.97. The van der Waals surface area contributed by atoms with Gasteiger partial charge >= 0.3 is 0 Å². The maximum atomic E-state index is 11.4. The largest absolute Gasteiger partial charge is 0.383 e. The minimum Gasteiger partial charge on any atom is -0.383 e. The van der Waals surface area contributed by atoms with Crippen molar-refractivity contribution in [3.8, 4) is 0 Å². The maximum absolute atomic E-state index is 11.4. The zero-order chi connectivity index (χ0) is 9.90. The highest BCUT2D eigenvalue weighted by Crippen LogP contribution is 2.10. The summed E-state index contributed by atoms with van der Waals surface area (Å²) >= 11 is 0. The summed E-state index contributed by atoms with van der Waals surface area (Å²) in [5.41, 5.74) is 0.0294. The van der Waals surface area contributed by atoms with Crippen molar-refractivity contribution in [2.45, 2.75) is 19.4 Å². The summed E-state index contributed by atoms with van der Waals surface area (Å²) in [6.45, 7) is 6.70. The third-order valence-corrected chi connectivity index (χ3v) is 2.22. The first kappa shape index (κ1) is 10.5. The van der Waals surface area contributed by atoms with E-state index in [0.717, 1.165) is 6.54 Å². The lowest BCUT2D eigenvalue weighted by Crippen LogP contribution is -2.60. The van der Waals surface area contributed by atoms with Crippen LogP contribution in [0.5, 0.6) is 0 Å². The second-order valence-electron chi connectivity index (χ2n) is 4.05. The zero-order valence-electron chi connectivity index (χ0n) is 8.59. The number of carbonyl (C=O) groups is 1. The maximum Gasteiger partial charge on any atom is 0.236 e. The van der Waals surface area contributed by atoms with E-state index in [1.54, 1.807) is 7.11 Å². The Kier molecular flexibility index (Phi) is 3.27. The van der Waals surface area contributed by atoms with Gasteiger partial charge in [-0.2, -0.15) is 0 Å². The number of carbonyl (C=O) groups excluding carboxylic acids is 1. The molecule has 13 heavy (non-hydrogen) atoms. The fourth-order valence-corrected chi connectivity index (χ4v) is 1.45. The van der Waals surface area contributed by atoms with E-state index in [2.05, 4.69) is 19.2 Å². The van der Waals surface area contributed by atoms with Crippen LogP contribution in [-0.4, -0.2) is 49.7 Å². The van der Waals surface area contributed by atoms with E-state index in [1.807, 2.05) is 4.90 Å². The van der Waals surface area contributed by atoms with Gasteiger partial charge in [0.25, 0.3) is 0 Å². The monoisotopic (exact) mass is 186 g/mol. The second kappa shape index (κ2) is 4.07. The van der Waals surface area contributed by atoms with Crippen LogP contribution in [0.2, 0.25) is 0 Å². The highest BCUT2D eigenvalue weighted by atomic mass is 16.5. The number of hydrogen-bond donors (Lipinski definition) is 1. The predicted molar refractivity (Wildman–Crippen MR) is 50.5 cm³/mol. The quantitative estimate of drug-likeness (QED) is 0.666. The van der Waals surface area contributed by atoms with Crippen LogP contribution in [0.3, 0.4) is 0 Å². The van der Waals surface area contributed by atoms with Crippen LogP contribution < -0.4 is 5.32 Å². The number of rotatable bonds is 3. The standard InChI is InChI=1S/C9H18N2O2/c1-9(2)7-11(4-5-13-3)8(12)6-10-9/h10H,4-7H2,1-3H3. The van der Waals surface area contributed by atoms with E-state index in [9.17, 15) is 4.79 Å². The number of ether oxygens (including phenoxy) is 1. The summed E-state index contributed by atoms with van der Waals surface area (Å²) in [6.07, 6.45) is 0. The summed E-state index contributed by atoms with van der Waals surface area (Å²) in [7, 11) is 1.65. The van der Waals surface area contributed by atoms with Gasteiger partial charge in [-0.05, 0) is 13.8 Å². The minimum atomic E-state index is 0.0294. The van der Waals surface area contributed by atoms with Gasteiger partial charge in [-0.1, -0.05) is 0 Å². The SMILES string of the molecule is COCCN1CC(C)(C)NCC1=O. The molecule has 1 rings (SSSR count). The van der Waals surface area contributed by atoms with Crippen molar-refractivity contribution in [1.82, 2.24) is 10.2 Å². The summed E-state index contributed by atoms with van der Waals surface area (Å²) in [4.78, 5) is 13.2. The Hall–Kier alpha value is -0.610. The molecule has 1 fully saturated rings. The zero-order valence-corrected chi connectivity index (χ0v) is 8.59. The molecule has 0 radical (unpaired) electrons. The van der Waals surface area contributed by atoms with E-state index in [-0.39, 0.29) is 11.4 Å². The molecule has 0 unspecified atom stereocenters. The average Bonchev–Trinajstić information content (AvgIpc) is 2.07. The van der Waals surface area contributed by atoms with Crippen LogP contribution in [0.15, 0.2) is 0 Å². The molecule has 0 spiro atoms. The van der Waals surface area contributed by atoms with Gasteiger partial charge in [0, 0.05) is 25.7 Å². The lowest BCUT2D eigenvalue weighted by molar-refractivity contribution is -0.135. The van der Waals surface area contributed by atoms with E-state index < -0.39 is 0 Å². The van der Waals surface area contributed by atoms with Gasteiger partial charge in [-0.25, -0.2) is 0 Å². The van der Waals surface area contributed by atoms with Crippen molar-refractivity contribution in [1.29, 1.82) is 0 Å². The van der Waals surface area contributed by atoms with Crippen molar-refractivity contribution in [2.75, 3.05) is 33.4 Å². The Labute approximate surface area is 79.2 Å². The number of nitrogens with zero attached hydrogens (tertiary/aromatic N) is 1. The first-order valence-electron chi connectivity index (χ1n) is 4.57. The van der Waals surface area contributed by atoms with Gasteiger partial charge in [-0.15, -0.1) is 0 Å². The van der Waals surface area contributed by atoms with Gasteiger partial charge < -0.3 is 15.0 Å². The fraction of sp³-hybridized carbons (Fsp3) is 0.889. The molecule has 1 heterocycles. The van der Waals surface area contributed by atoms with E-state index in [0.29, 0.717) is 19.7 Å². The molecule has 1 aliphatic heterocycles. The third-order valence-electron chi connectivity index (χ3n) is 2.22. The lowest BCUT2D eigenvalue weighted by Gasteiger charge is -2.38. The van der Waals surface area contributed by atoms with Crippen LogP contribution in [0, 0.1) is 0 Å². The molecule has 0 aliphatic carbocycles. The fourth-order valence-electron chi connectivity index (χ4n) is 1.45. The first-order valence-corrected chi connectivity index (χ1v) is 4.57. The smallest absolute Gasteiger partial charge is 0.236 e. The van der Waals surface area contributed by atoms with Crippen molar-refractivity contribution in [3.05, 3.63) is 0 Å². The molecule has 1 saturated heterocycles. The van der Waals surface area contributed by atoms with Crippen molar-refractivity contribution in [3.63, 3.8) is 0 Å². The molecular formula is C9H18N2O2. The van der Waals surface area contributed by atoms with Crippen LogP contribution >= 0.6 is 0 Å². The highest BCUT2D eigenvalue weighted by molar-refractivity contribution is 5.79. The molecule has 0 aromatic rings. The van der Waals surface area contributed by atoms with Gasteiger partial charge in [0.1, 0.15) is 0 Å². The summed E-state index contributed by atoms with van der Waals surface area (Å²) in [5.74, 6) is 0.163. The molecule has 0 aromatic heterocycles. The van der Waals surface area contributed by atoms with E-state index in [4.69, 9.17) is 4.74 Å². The van der Waals surface area contributed by atoms with Gasteiger partial charge in [-0.3, -0.25) is 4.79 Å². The van der Waals surface area contributed by atoms with Crippen molar-refractivity contribution < 1.29 is 9.53 Å². The van der Waals surface area contributed by atoms with Crippen LogP contribution in [0.25, 0.3) is 0 Å². The topological polar surface area (TPSA) is 41.6 Å². The number of amides is 1. The minimum absolute atomic E-state index is 0.0294. The molecule has 1 amide bonds. The van der Waals surface area contributed by atoms with Crippen molar-refractivity contribution >= 4 is 5.91 Å². The highest BCUT2D eigenvalue weighted by Gasteiger charge is 2.29. The van der Waals surface area contributed by atoms with Crippen LogP contribution in [-0.2, 0) is 9.53 Å². The Morgan fingerprint density at radius 1 is 1.62 bits per heavy atom. The van der Waals surface area contributed by atoms with Crippen molar-refractivity contribution in [2.24, 2.45) is 0 Å². The van der Waals surface area contributed by atoms with E-state index in [1.165, 1.54) is 0 Å². The van der Waals surface area contributed by atoms with Gasteiger partial charge in [0.15, 0.2) is 0 Å². The molecule has 0 atom stereocenters. The molecule has 4 nitrogen and oxygen atoms in total. The molecule has 76 valence electrons. The molecule has 4 heteroatoms. The predicted octanol–water partition coefficient (Wildman–Crippen LogP) is -0.157. The molecule has 1 aliphatic rings. The molecule has 0 saturated carbocycles. The average molecular weight is 186 g/mol. The molecular weight excluding hydrogens is 168 g/mol. The Bertz CT molecular complexity index is 192. The first-order chi connectivity index (χ1) is 6.05. The Morgan fingerprint density at radius 3 is 2.92 bits per heavy atom.